The van der Waals surface area contributed by atoms with Crippen LogP contribution in [0.15, 0.2) is 24.4 Å². The minimum Gasteiger partial charge on any atom is -0.479 e. The van der Waals surface area contributed by atoms with Crippen molar-refractivity contribution in [2.45, 2.75) is 6.42 Å². The zero-order chi connectivity index (χ0) is 15.0. The van der Waals surface area contributed by atoms with E-state index >= 15 is 0 Å². The number of amides is 2. The van der Waals surface area contributed by atoms with Gasteiger partial charge >= 0.3 is 0 Å². The number of rotatable bonds is 3. The maximum atomic E-state index is 12.2. The van der Waals surface area contributed by atoms with E-state index in [9.17, 15) is 9.59 Å². The lowest BCUT2D eigenvalue weighted by Crippen LogP contribution is -2.12. The molecule has 0 radical (unpaired) electrons. The Hall–Kier alpha value is -2.83. The van der Waals surface area contributed by atoms with Crippen molar-refractivity contribution in [3.63, 3.8) is 0 Å². The molecule has 3 rings (SSSR count). The fourth-order valence-electron chi connectivity index (χ4n) is 2.28. The van der Waals surface area contributed by atoms with E-state index in [-0.39, 0.29) is 17.7 Å². The largest absolute Gasteiger partial charge is 0.479 e. The smallest absolute Gasteiger partial charge is 0.262 e. The highest BCUT2D eigenvalue weighted by molar-refractivity contribution is 6.06. The van der Waals surface area contributed by atoms with Crippen LogP contribution in [0.1, 0.15) is 15.9 Å². The number of nitrogens with one attached hydrogen (secondary N) is 2. The molecule has 0 atom stereocenters. The molecular formula is C14H14N4O3. The monoisotopic (exact) mass is 286 g/mol. The average Bonchev–Trinajstić information content (AvgIpc) is 2.99. The van der Waals surface area contributed by atoms with Gasteiger partial charge < -0.3 is 15.4 Å². The SMILES string of the molecule is COc1nn(C)cc1C(=O)Nc1ccc2c(c1)CC(=O)N2. The highest BCUT2D eigenvalue weighted by Crippen LogP contribution is 2.26. The summed E-state index contributed by atoms with van der Waals surface area (Å²) in [4.78, 5) is 23.6. The van der Waals surface area contributed by atoms with Crippen molar-refractivity contribution >= 4 is 23.2 Å². The number of carbonyl (C=O) groups is 2. The molecular weight excluding hydrogens is 272 g/mol. The Morgan fingerprint density at radius 2 is 2.29 bits per heavy atom. The zero-order valence-corrected chi connectivity index (χ0v) is 11.6. The molecule has 0 saturated heterocycles. The quantitative estimate of drug-likeness (QED) is 0.887. The second-order valence-electron chi connectivity index (χ2n) is 4.78. The van der Waals surface area contributed by atoms with E-state index in [2.05, 4.69) is 15.7 Å². The second-order valence-corrected chi connectivity index (χ2v) is 4.78. The van der Waals surface area contributed by atoms with Crippen LogP contribution in [0.2, 0.25) is 0 Å². The predicted molar refractivity (Wildman–Crippen MR) is 76.5 cm³/mol. The summed E-state index contributed by atoms with van der Waals surface area (Å²) in [6, 6.07) is 5.30. The van der Waals surface area contributed by atoms with E-state index in [4.69, 9.17) is 4.74 Å². The van der Waals surface area contributed by atoms with Crippen molar-refractivity contribution in [3.05, 3.63) is 35.5 Å². The number of nitrogens with zero attached hydrogens (tertiary/aromatic N) is 2. The van der Waals surface area contributed by atoms with Gasteiger partial charge in [0.2, 0.25) is 11.8 Å². The molecule has 0 unspecified atom stereocenters. The Morgan fingerprint density at radius 3 is 3.05 bits per heavy atom. The molecule has 0 fully saturated rings. The molecule has 21 heavy (non-hydrogen) atoms. The van der Waals surface area contributed by atoms with Crippen LogP contribution in [0.25, 0.3) is 0 Å². The molecule has 2 heterocycles. The number of hydrogen-bond acceptors (Lipinski definition) is 4. The number of fused-ring (bicyclic) bond motifs is 1. The maximum Gasteiger partial charge on any atom is 0.262 e. The Morgan fingerprint density at radius 1 is 1.48 bits per heavy atom. The molecule has 2 amide bonds. The zero-order valence-electron chi connectivity index (χ0n) is 11.6. The van der Waals surface area contributed by atoms with Crippen molar-refractivity contribution < 1.29 is 14.3 Å². The summed E-state index contributed by atoms with van der Waals surface area (Å²) in [5, 5.41) is 9.56. The first-order valence-corrected chi connectivity index (χ1v) is 6.38. The van der Waals surface area contributed by atoms with Gasteiger partial charge in [-0.3, -0.25) is 14.3 Å². The fraction of sp³-hybridized carbons (Fsp3) is 0.214. The number of methoxy groups -OCH3 is 1. The molecule has 0 spiro atoms. The van der Waals surface area contributed by atoms with E-state index in [0.717, 1.165) is 11.3 Å². The molecule has 1 aliphatic heterocycles. The Labute approximate surface area is 120 Å². The Bertz CT molecular complexity index is 736. The number of aromatic nitrogens is 2. The third-order valence-corrected chi connectivity index (χ3v) is 3.22. The summed E-state index contributed by atoms with van der Waals surface area (Å²) in [6.07, 6.45) is 1.92. The van der Waals surface area contributed by atoms with Gasteiger partial charge in [-0.15, -0.1) is 5.10 Å². The van der Waals surface area contributed by atoms with E-state index in [1.54, 1.807) is 31.4 Å². The van der Waals surface area contributed by atoms with Gasteiger partial charge in [0.1, 0.15) is 5.56 Å². The normalized spacial score (nSPS) is 12.8. The number of aryl methyl sites for hydroxylation is 1. The molecule has 7 nitrogen and oxygen atoms in total. The van der Waals surface area contributed by atoms with Crippen LogP contribution in [0.4, 0.5) is 11.4 Å². The number of benzene rings is 1. The molecule has 0 aliphatic carbocycles. The Balaban J connectivity index is 1.82. The molecule has 0 bridgehead atoms. The summed E-state index contributed by atoms with van der Waals surface area (Å²) in [7, 11) is 3.18. The van der Waals surface area contributed by atoms with Crippen LogP contribution in [-0.2, 0) is 18.3 Å². The highest BCUT2D eigenvalue weighted by atomic mass is 16.5. The lowest BCUT2D eigenvalue weighted by molar-refractivity contribution is -0.115. The van der Waals surface area contributed by atoms with Gasteiger partial charge in [0.05, 0.1) is 13.5 Å². The predicted octanol–water partition coefficient (Wildman–Crippen LogP) is 1.18. The van der Waals surface area contributed by atoms with Crippen LogP contribution in [0.3, 0.4) is 0 Å². The highest BCUT2D eigenvalue weighted by Gasteiger charge is 2.20. The number of carbonyl (C=O) groups excluding carboxylic acids is 2. The van der Waals surface area contributed by atoms with Crippen molar-refractivity contribution in [1.29, 1.82) is 0 Å². The molecule has 1 aromatic carbocycles. The number of ether oxygens (including phenoxy) is 1. The van der Waals surface area contributed by atoms with Crippen molar-refractivity contribution in [2.75, 3.05) is 17.7 Å². The Kier molecular flexibility index (Phi) is 3.09. The van der Waals surface area contributed by atoms with Crippen molar-refractivity contribution in [2.24, 2.45) is 7.05 Å². The standard InChI is InChI=1S/C14H14N4O3/c1-18-7-10(14(17-18)21-2)13(20)15-9-3-4-11-8(5-9)6-12(19)16-11/h3-5,7H,6H2,1-2H3,(H,15,20)(H,16,19). The van der Waals surface area contributed by atoms with E-state index in [1.165, 1.54) is 11.8 Å². The van der Waals surface area contributed by atoms with Crippen LogP contribution in [0, 0.1) is 0 Å². The lowest BCUT2D eigenvalue weighted by Gasteiger charge is -2.06. The molecule has 1 aliphatic rings. The molecule has 2 aromatic rings. The van der Waals surface area contributed by atoms with Gasteiger partial charge in [-0.25, -0.2) is 0 Å². The molecule has 1 aromatic heterocycles. The van der Waals surface area contributed by atoms with Gasteiger partial charge in [-0.05, 0) is 23.8 Å². The van der Waals surface area contributed by atoms with Crippen LogP contribution < -0.4 is 15.4 Å². The summed E-state index contributed by atoms with van der Waals surface area (Å²) in [5.74, 6) is -0.0763. The number of anilines is 2. The molecule has 2 N–H and O–H groups in total. The maximum absolute atomic E-state index is 12.2. The molecule has 7 heteroatoms. The summed E-state index contributed by atoms with van der Waals surface area (Å²) in [6.45, 7) is 0. The second kappa shape index (κ2) is 4.93. The van der Waals surface area contributed by atoms with E-state index in [1.807, 2.05) is 0 Å². The van der Waals surface area contributed by atoms with Crippen LogP contribution in [0.5, 0.6) is 5.88 Å². The van der Waals surface area contributed by atoms with E-state index < -0.39 is 0 Å². The third kappa shape index (κ3) is 2.45. The first-order chi connectivity index (χ1) is 10.1. The topological polar surface area (TPSA) is 85.2 Å². The lowest BCUT2D eigenvalue weighted by atomic mass is 10.1. The van der Waals surface area contributed by atoms with Gasteiger partial charge in [0.25, 0.3) is 5.91 Å². The van der Waals surface area contributed by atoms with Gasteiger partial charge in [0.15, 0.2) is 0 Å². The van der Waals surface area contributed by atoms with Gasteiger partial charge in [-0.1, -0.05) is 0 Å². The first-order valence-electron chi connectivity index (χ1n) is 6.38. The van der Waals surface area contributed by atoms with E-state index in [0.29, 0.717) is 17.7 Å². The number of hydrogen-bond donors (Lipinski definition) is 2. The third-order valence-electron chi connectivity index (χ3n) is 3.22. The molecule has 108 valence electrons. The van der Waals surface area contributed by atoms with Crippen molar-refractivity contribution in [1.82, 2.24) is 9.78 Å². The minimum atomic E-state index is -0.308. The van der Waals surface area contributed by atoms with Gasteiger partial charge in [-0.2, -0.15) is 0 Å². The fourth-order valence-corrected chi connectivity index (χ4v) is 2.28. The van der Waals surface area contributed by atoms with Crippen molar-refractivity contribution in [3.8, 4) is 5.88 Å². The van der Waals surface area contributed by atoms with Gasteiger partial charge in [0, 0.05) is 24.6 Å². The minimum absolute atomic E-state index is 0.0394. The summed E-state index contributed by atoms with van der Waals surface area (Å²) < 4.78 is 6.58. The first kappa shape index (κ1) is 13.2. The summed E-state index contributed by atoms with van der Waals surface area (Å²) >= 11 is 0. The van der Waals surface area contributed by atoms with Crippen LogP contribution in [-0.4, -0.2) is 28.7 Å². The molecule has 0 saturated carbocycles. The average molecular weight is 286 g/mol. The summed E-state index contributed by atoms with van der Waals surface area (Å²) in [5.41, 5.74) is 2.64. The van der Waals surface area contributed by atoms with Crippen LogP contribution >= 0.6 is 0 Å².